The van der Waals surface area contributed by atoms with Gasteiger partial charge < -0.3 is 10.6 Å². The molecular weight excluding hydrogens is 506 g/mol. The standard InChI is InChI=1S/C20H33FN4O2S.HI/c1-20(2,25-10-6-5-7-11-25)15-24-19(22-3)23-13-17-12-18(21)9-8-16(17)14-28(4,26)27;/h8-9,12H,5-7,10-11,13-15H2,1-4H3,(H2,22,23,24);1H. The summed E-state index contributed by atoms with van der Waals surface area (Å²) in [6.45, 7) is 7.68. The molecule has 1 aromatic rings. The van der Waals surface area contributed by atoms with Gasteiger partial charge in [0.1, 0.15) is 5.82 Å². The van der Waals surface area contributed by atoms with Crippen LogP contribution in [0.5, 0.6) is 0 Å². The van der Waals surface area contributed by atoms with Crippen LogP contribution in [0.3, 0.4) is 0 Å². The third-order valence-electron chi connectivity index (χ3n) is 5.16. The first-order valence-electron chi connectivity index (χ1n) is 9.75. The van der Waals surface area contributed by atoms with Gasteiger partial charge in [0.2, 0.25) is 0 Å². The molecule has 29 heavy (non-hydrogen) atoms. The number of aliphatic imine (C=N–C) groups is 1. The molecule has 2 N–H and O–H groups in total. The zero-order chi connectivity index (χ0) is 20.8. The van der Waals surface area contributed by atoms with Gasteiger partial charge in [0.05, 0.1) is 5.75 Å². The molecule has 0 bridgehead atoms. The summed E-state index contributed by atoms with van der Waals surface area (Å²) in [6, 6.07) is 4.19. The smallest absolute Gasteiger partial charge is 0.191 e. The van der Waals surface area contributed by atoms with Gasteiger partial charge in [0.25, 0.3) is 0 Å². The molecule has 0 amide bonds. The Labute approximate surface area is 191 Å². The molecule has 0 atom stereocenters. The highest BCUT2D eigenvalue weighted by Crippen LogP contribution is 2.20. The maximum Gasteiger partial charge on any atom is 0.191 e. The Morgan fingerprint density at radius 1 is 1.17 bits per heavy atom. The van der Waals surface area contributed by atoms with Gasteiger partial charge in [-0.05, 0) is 63.0 Å². The topological polar surface area (TPSA) is 73.8 Å². The number of benzene rings is 1. The minimum Gasteiger partial charge on any atom is -0.355 e. The molecule has 0 aliphatic carbocycles. The number of rotatable bonds is 7. The lowest BCUT2D eigenvalue weighted by atomic mass is 9.98. The average Bonchev–Trinajstić information content (AvgIpc) is 2.63. The second-order valence-corrected chi connectivity index (χ2v) is 10.3. The van der Waals surface area contributed by atoms with Crippen molar-refractivity contribution in [3.8, 4) is 0 Å². The van der Waals surface area contributed by atoms with E-state index in [1.54, 1.807) is 7.05 Å². The van der Waals surface area contributed by atoms with E-state index in [1.807, 2.05) is 0 Å². The fraction of sp³-hybridized carbons (Fsp3) is 0.650. The van der Waals surface area contributed by atoms with Gasteiger partial charge in [0, 0.05) is 31.9 Å². The first-order chi connectivity index (χ1) is 13.1. The van der Waals surface area contributed by atoms with Gasteiger partial charge in [-0.2, -0.15) is 0 Å². The molecule has 1 aliphatic heterocycles. The minimum atomic E-state index is -3.20. The molecule has 0 saturated carbocycles. The molecule has 1 aliphatic rings. The summed E-state index contributed by atoms with van der Waals surface area (Å²) < 4.78 is 36.9. The molecule has 1 fully saturated rings. The average molecular weight is 540 g/mol. The predicted molar refractivity (Wildman–Crippen MR) is 128 cm³/mol. The summed E-state index contributed by atoms with van der Waals surface area (Å²) in [7, 11) is -1.51. The SMILES string of the molecule is CN=C(NCc1cc(F)ccc1CS(C)(=O)=O)NCC(C)(C)N1CCCCC1.I. The summed E-state index contributed by atoms with van der Waals surface area (Å²) in [5, 5.41) is 6.52. The van der Waals surface area contributed by atoms with Crippen molar-refractivity contribution in [2.24, 2.45) is 4.99 Å². The molecule has 0 radical (unpaired) electrons. The van der Waals surface area contributed by atoms with Crippen molar-refractivity contribution in [1.29, 1.82) is 0 Å². The summed E-state index contributed by atoms with van der Waals surface area (Å²) in [5.41, 5.74) is 1.21. The third kappa shape index (κ3) is 8.75. The van der Waals surface area contributed by atoms with Crippen LogP contribution >= 0.6 is 24.0 Å². The van der Waals surface area contributed by atoms with Crippen LogP contribution in [-0.2, 0) is 22.1 Å². The highest BCUT2D eigenvalue weighted by Gasteiger charge is 2.27. The summed E-state index contributed by atoms with van der Waals surface area (Å²) in [6.07, 6.45) is 4.95. The highest BCUT2D eigenvalue weighted by atomic mass is 127. The molecule has 6 nitrogen and oxygen atoms in total. The molecular formula is C20H34FIN4O2S. The first kappa shape index (κ1) is 26.1. The largest absolute Gasteiger partial charge is 0.355 e. The fourth-order valence-electron chi connectivity index (χ4n) is 3.49. The fourth-order valence-corrected chi connectivity index (χ4v) is 4.34. The van der Waals surface area contributed by atoms with E-state index in [9.17, 15) is 12.8 Å². The Morgan fingerprint density at radius 2 is 1.83 bits per heavy atom. The van der Waals surface area contributed by atoms with Crippen LogP contribution in [0.4, 0.5) is 4.39 Å². The Balaban J connectivity index is 0.00000420. The van der Waals surface area contributed by atoms with Crippen molar-refractivity contribution in [1.82, 2.24) is 15.5 Å². The third-order valence-corrected chi connectivity index (χ3v) is 5.99. The lowest BCUT2D eigenvalue weighted by Crippen LogP contribution is -2.54. The van der Waals surface area contributed by atoms with Gasteiger partial charge in [0.15, 0.2) is 15.8 Å². The van der Waals surface area contributed by atoms with Crippen LogP contribution in [0.25, 0.3) is 0 Å². The van der Waals surface area contributed by atoms with E-state index < -0.39 is 9.84 Å². The second-order valence-electron chi connectivity index (χ2n) is 8.12. The van der Waals surface area contributed by atoms with Crippen LogP contribution in [0, 0.1) is 5.82 Å². The Bertz CT molecular complexity index is 794. The summed E-state index contributed by atoms with van der Waals surface area (Å²) in [5.74, 6) is 0.112. The number of nitrogens with zero attached hydrogens (tertiary/aromatic N) is 2. The zero-order valence-corrected chi connectivity index (χ0v) is 20.9. The van der Waals surface area contributed by atoms with Crippen molar-refractivity contribution in [2.45, 2.75) is 50.9 Å². The Hall–Kier alpha value is -0.940. The number of nitrogens with one attached hydrogen (secondary N) is 2. The van der Waals surface area contributed by atoms with E-state index in [0.29, 0.717) is 23.6 Å². The molecule has 0 unspecified atom stereocenters. The van der Waals surface area contributed by atoms with E-state index >= 15 is 0 Å². The Kier molecular flexibility index (Phi) is 10.3. The predicted octanol–water partition coefficient (Wildman–Crippen LogP) is 2.92. The number of halogens is 2. The summed E-state index contributed by atoms with van der Waals surface area (Å²) in [4.78, 5) is 6.74. The van der Waals surface area contributed by atoms with Crippen LogP contribution in [-0.4, -0.2) is 57.8 Å². The van der Waals surface area contributed by atoms with Gasteiger partial charge in [-0.1, -0.05) is 12.5 Å². The van der Waals surface area contributed by atoms with E-state index in [1.165, 1.54) is 43.7 Å². The van der Waals surface area contributed by atoms with Crippen LogP contribution in [0.1, 0.15) is 44.2 Å². The van der Waals surface area contributed by atoms with Crippen LogP contribution < -0.4 is 10.6 Å². The Morgan fingerprint density at radius 3 is 2.41 bits per heavy atom. The summed E-state index contributed by atoms with van der Waals surface area (Å²) >= 11 is 0. The van der Waals surface area contributed by atoms with Crippen molar-refractivity contribution in [3.63, 3.8) is 0 Å². The second kappa shape index (κ2) is 11.5. The lowest BCUT2D eigenvalue weighted by Gasteiger charge is -2.41. The van der Waals surface area contributed by atoms with Crippen LogP contribution in [0.2, 0.25) is 0 Å². The number of sulfone groups is 1. The molecule has 2 rings (SSSR count). The van der Waals surface area contributed by atoms with Crippen molar-refractivity contribution >= 4 is 39.8 Å². The normalized spacial score (nSPS) is 16.2. The van der Waals surface area contributed by atoms with Crippen molar-refractivity contribution in [3.05, 3.63) is 35.1 Å². The molecule has 166 valence electrons. The van der Waals surface area contributed by atoms with E-state index in [4.69, 9.17) is 0 Å². The molecule has 1 heterocycles. The minimum absolute atomic E-state index is 0. The molecule has 1 saturated heterocycles. The number of guanidine groups is 1. The van der Waals surface area contributed by atoms with Crippen molar-refractivity contribution in [2.75, 3.05) is 32.9 Å². The van der Waals surface area contributed by atoms with E-state index in [2.05, 4.69) is 34.4 Å². The maximum absolute atomic E-state index is 13.7. The molecule has 0 aromatic heterocycles. The van der Waals surface area contributed by atoms with E-state index in [-0.39, 0.29) is 41.1 Å². The number of piperidine rings is 1. The quantitative estimate of drug-likeness (QED) is 0.316. The van der Waals surface area contributed by atoms with Gasteiger partial charge in [-0.15, -0.1) is 24.0 Å². The maximum atomic E-state index is 13.7. The molecule has 0 spiro atoms. The van der Waals surface area contributed by atoms with Gasteiger partial charge in [-0.25, -0.2) is 12.8 Å². The lowest BCUT2D eigenvalue weighted by molar-refractivity contribution is 0.0982. The first-order valence-corrected chi connectivity index (χ1v) is 11.8. The van der Waals surface area contributed by atoms with Crippen molar-refractivity contribution < 1.29 is 12.8 Å². The number of likely N-dealkylation sites (tertiary alicyclic amines) is 1. The monoisotopic (exact) mass is 540 g/mol. The van der Waals surface area contributed by atoms with Gasteiger partial charge >= 0.3 is 0 Å². The van der Waals surface area contributed by atoms with Crippen LogP contribution in [0.15, 0.2) is 23.2 Å². The highest BCUT2D eigenvalue weighted by molar-refractivity contribution is 14.0. The number of hydrogen-bond donors (Lipinski definition) is 2. The molecule has 1 aromatic carbocycles. The molecule has 9 heteroatoms. The van der Waals surface area contributed by atoms with Gasteiger partial charge in [-0.3, -0.25) is 9.89 Å². The zero-order valence-electron chi connectivity index (χ0n) is 17.8. The number of hydrogen-bond acceptors (Lipinski definition) is 4. The van der Waals surface area contributed by atoms with E-state index in [0.717, 1.165) is 19.6 Å².